The molecular formula is C23H30ClN3O4S. The first kappa shape index (κ1) is 25.7. The third-order valence-electron chi connectivity index (χ3n) is 4.83. The highest BCUT2D eigenvalue weighted by Crippen LogP contribution is 2.21. The fraction of sp³-hybridized carbons (Fsp3) is 0.391. The molecule has 0 aliphatic heterocycles. The van der Waals surface area contributed by atoms with Gasteiger partial charge in [-0.2, -0.15) is 0 Å². The van der Waals surface area contributed by atoms with Gasteiger partial charge < -0.3 is 10.2 Å². The summed E-state index contributed by atoms with van der Waals surface area (Å²) in [4.78, 5) is 27.5. The van der Waals surface area contributed by atoms with E-state index in [1.165, 1.54) is 17.0 Å². The van der Waals surface area contributed by atoms with Crippen LogP contribution >= 0.6 is 11.6 Å². The fourth-order valence-corrected chi connectivity index (χ4v) is 4.19. The Bertz CT molecular complexity index is 1060. The van der Waals surface area contributed by atoms with Crippen LogP contribution in [0.1, 0.15) is 31.9 Å². The van der Waals surface area contributed by atoms with Gasteiger partial charge in [0.25, 0.3) is 0 Å². The lowest BCUT2D eigenvalue weighted by Gasteiger charge is -2.32. The normalized spacial score (nSPS) is 12.3. The molecule has 1 unspecified atom stereocenters. The maximum atomic E-state index is 13.4. The van der Waals surface area contributed by atoms with Crippen molar-refractivity contribution in [1.29, 1.82) is 0 Å². The Balaban J connectivity index is 2.38. The Kier molecular flexibility index (Phi) is 8.69. The zero-order valence-corrected chi connectivity index (χ0v) is 20.6. The first-order valence-corrected chi connectivity index (χ1v) is 12.5. The standard InChI is InChI=1S/C23H30ClN3O4S/c1-16(2)25-23(29)18(4)26(14-19-8-6-7-17(3)13-19)22(28)15-27(32(5,30)31)21-11-9-20(24)10-12-21/h6-13,16,18H,14-15H2,1-5H3,(H,25,29). The number of nitrogens with zero attached hydrogens (tertiary/aromatic N) is 2. The predicted molar refractivity (Wildman–Crippen MR) is 128 cm³/mol. The molecule has 0 aliphatic rings. The number of amides is 2. The molecule has 174 valence electrons. The van der Waals surface area contributed by atoms with Crippen molar-refractivity contribution < 1.29 is 18.0 Å². The van der Waals surface area contributed by atoms with Gasteiger partial charge in [0.15, 0.2) is 0 Å². The SMILES string of the molecule is Cc1cccc(CN(C(=O)CN(c2ccc(Cl)cc2)S(C)(=O)=O)C(C)C(=O)NC(C)C)c1. The van der Waals surface area contributed by atoms with Crippen molar-refractivity contribution in [3.05, 3.63) is 64.7 Å². The average Bonchev–Trinajstić information content (AvgIpc) is 2.69. The minimum Gasteiger partial charge on any atom is -0.352 e. The lowest BCUT2D eigenvalue weighted by molar-refractivity contribution is -0.139. The topological polar surface area (TPSA) is 86.8 Å². The predicted octanol–water partition coefficient (Wildman–Crippen LogP) is 3.36. The number of nitrogens with one attached hydrogen (secondary N) is 1. The Morgan fingerprint density at radius 3 is 2.22 bits per heavy atom. The van der Waals surface area contributed by atoms with E-state index in [4.69, 9.17) is 11.6 Å². The molecule has 0 radical (unpaired) electrons. The van der Waals surface area contributed by atoms with E-state index in [0.717, 1.165) is 21.7 Å². The van der Waals surface area contributed by atoms with E-state index in [-0.39, 0.29) is 18.5 Å². The molecule has 2 aromatic rings. The minimum atomic E-state index is -3.76. The van der Waals surface area contributed by atoms with E-state index in [9.17, 15) is 18.0 Å². The molecule has 0 spiro atoms. The van der Waals surface area contributed by atoms with Crippen LogP contribution in [0, 0.1) is 6.92 Å². The molecular weight excluding hydrogens is 450 g/mol. The molecule has 2 rings (SSSR count). The molecule has 0 bridgehead atoms. The van der Waals surface area contributed by atoms with E-state index in [0.29, 0.717) is 10.7 Å². The van der Waals surface area contributed by atoms with Crippen molar-refractivity contribution in [3.8, 4) is 0 Å². The van der Waals surface area contributed by atoms with Crippen molar-refractivity contribution in [2.75, 3.05) is 17.1 Å². The molecule has 0 saturated carbocycles. The number of rotatable bonds is 9. The second-order valence-electron chi connectivity index (χ2n) is 8.10. The lowest BCUT2D eigenvalue weighted by Crippen LogP contribution is -2.52. The highest BCUT2D eigenvalue weighted by Gasteiger charge is 2.30. The smallest absolute Gasteiger partial charge is 0.244 e. The fourth-order valence-electron chi connectivity index (χ4n) is 3.22. The quantitative estimate of drug-likeness (QED) is 0.597. The first-order valence-electron chi connectivity index (χ1n) is 10.3. The molecule has 9 heteroatoms. The maximum Gasteiger partial charge on any atom is 0.244 e. The zero-order valence-electron chi connectivity index (χ0n) is 19.0. The Morgan fingerprint density at radius 1 is 1.06 bits per heavy atom. The van der Waals surface area contributed by atoms with Gasteiger partial charge in [0, 0.05) is 17.6 Å². The number of hydrogen-bond donors (Lipinski definition) is 1. The largest absolute Gasteiger partial charge is 0.352 e. The summed E-state index contributed by atoms with van der Waals surface area (Å²) in [6.07, 6.45) is 1.04. The third kappa shape index (κ3) is 7.24. The van der Waals surface area contributed by atoms with Gasteiger partial charge in [-0.25, -0.2) is 8.42 Å². The summed E-state index contributed by atoms with van der Waals surface area (Å²) in [5.74, 6) is -0.795. The van der Waals surface area contributed by atoms with Crippen LogP contribution in [0.3, 0.4) is 0 Å². The van der Waals surface area contributed by atoms with Gasteiger partial charge in [0.2, 0.25) is 21.8 Å². The molecule has 2 aromatic carbocycles. The van der Waals surface area contributed by atoms with E-state index in [2.05, 4.69) is 5.32 Å². The second-order valence-corrected chi connectivity index (χ2v) is 10.4. The number of hydrogen-bond acceptors (Lipinski definition) is 4. The molecule has 0 fully saturated rings. The van der Waals surface area contributed by atoms with Crippen molar-refractivity contribution in [1.82, 2.24) is 10.2 Å². The van der Waals surface area contributed by atoms with Crippen LogP contribution in [-0.2, 0) is 26.2 Å². The van der Waals surface area contributed by atoms with Crippen LogP contribution in [0.5, 0.6) is 0 Å². The average molecular weight is 480 g/mol. The first-order chi connectivity index (χ1) is 14.9. The molecule has 0 aromatic heterocycles. The monoisotopic (exact) mass is 479 g/mol. The number of anilines is 1. The Morgan fingerprint density at radius 2 is 1.69 bits per heavy atom. The molecule has 2 amide bonds. The highest BCUT2D eigenvalue weighted by atomic mass is 35.5. The van der Waals surface area contributed by atoms with Crippen molar-refractivity contribution in [2.24, 2.45) is 0 Å². The number of carbonyl (C=O) groups is 2. The highest BCUT2D eigenvalue weighted by molar-refractivity contribution is 7.92. The van der Waals surface area contributed by atoms with Crippen molar-refractivity contribution in [2.45, 2.75) is 46.3 Å². The van der Waals surface area contributed by atoms with Crippen LogP contribution in [-0.4, -0.2) is 50.0 Å². The molecule has 7 nitrogen and oxygen atoms in total. The number of carbonyl (C=O) groups excluding carboxylic acids is 2. The summed E-state index contributed by atoms with van der Waals surface area (Å²) in [5.41, 5.74) is 2.19. The van der Waals surface area contributed by atoms with E-state index >= 15 is 0 Å². The van der Waals surface area contributed by atoms with Gasteiger partial charge in [-0.15, -0.1) is 0 Å². The summed E-state index contributed by atoms with van der Waals surface area (Å²) in [6, 6.07) is 12.9. The van der Waals surface area contributed by atoms with Crippen LogP contribution in [0.15, 0.2) is 48.5 Å². The molecule has 0 heterocycles. The van der Waals surface area contributed by atoms with Crippen molar-refractivity contribution >= 4 is 39.1 Å². The summed E-state index contributed by atoms with van der Waals surface area (Å²) in [6.45, 7) is 6.98. The van der Waals surface area contributed by atoms with Crippen LogP contribution in [0.25, 0.3) is 0 Å². The Hall–Kier alpha value is -2.58. The van der Waals surface area contributed by atoms with Crippen LogP contribution in [0.2, 0.25) is 5.02 Å². The van der Waals surface area contributed by atoms with Gasteiger partial charge in [-0.3, -0.25) is 13.9 Å². The summed E-state index contributed by atoms with van der Waals surface area (Å²) < 4.78 is 26.0. The molecule has 0 saturated heterocycles. The molecule has 0 aliphatic carbocycles. The van der Waals surface area contributed by atoms with Crippen LogP contribution < -0.4 is 9.62 Å². The summed E-state index contributed by atoms with van der Waals surface area (Å²) >= 11 is 5.92. The lowest BCUT2D eigenvalue weighted by atomic mass is 10.1. The number of benzene rings is 2. The summed E-state index contributed by atoms with van der Waals surface area (Å²) in [5, 5.41) is 3.27. The zero-order chi connectivity index (χ0) is 24.1. The van der Waals surface area contributed by atoms with Crippen LogP contribution in [0.4, 0.5) is 5.69 Å². The van der Waals surface area contributed by atoms with Gasteiger partial charge in [0.05, 0.1) is 11.9 Å². The van der Waals surface area contributed by atoms with Gasteiger partial charge >= 0.3 is 0 Å². The number of sulfonamides is 1. The van der Waals surface area contributed by atoms with Gasteiger partial charge in [0.1, 0.15) is 12.6 Å². The van der Waals surface area contributed by atoms with E-state index in [1.807, 2.05) is 45.0 Å². The number of aryl methyl sites for hydroxylation is 1. The Labute approximate surface area is 195 Å². The minimum absolute atomic E-state index is 0.0949. The van der Waals surface area contributed by atoms with Crippen molar-refractivity contribution in [3.63, 3.8) is 0 Å². The van der Waals surface area contributed by atoms with Gasteiger partial charge in [-0.1, -0.05) is 41.4 Å². The maximum absolute atomic E-state index is 13.4. The molecule has 1 N–H and O–H groups in total. The van der Waals surface area contributed by atoms with E-state index in [1.54, 1.807) is 19.1 Å². The molecule has 1 atom stereocenters. The number of halogens is 1. The molecule has 32 heavy (non-hydrogen) atoms. The third-order valence-corrected chi connectivity index (χ3v) is 6.22. The van der Waals surface area contributed by atoms with E-state index < -0.39 is 28.5 Å². The second kappa shape index (κ2) is 10.8. The summed E-state index contributed by atoms with van der Waals surface area (Å²) in [7, 11) is -3.76. The van der Waals surface area contributed by atoms with Gasteiger partial charge in [-0.05, 0) is 57.5 Å².